The summed E-state index contributed by atoms with van der Waals surface area (Å²) in [4.78, 5) is 14.3. The van der Waals surface area contributed by atoms with E-state index < -0.39 is 15.9 Å². The van der Waals surface area contributed by atoms with Crippen LogP contribution in [-0.2, 0) is 16.6 Å². The minimum atomic E-state index is -3.71. The molecule has 1 amide bonds. The van der Waals surface area contributed by atoms with Crippen molar-refractivity contribution in [1.29, 1.82) is 0 Å². The van der Waals surface area contributed by atoms with E-state index in [0.717, 1.165) is 0 Å². The number of hydrogen-bond acceptors (Lipinski definition) is 6. The summed E-state index contributed by atoms with van der Waals surface area (Å²) < 4.78 is 27.4. The Labute approximate surface area is 167 Å². The summed E-state index contributed by atoms with van der Waals surface area (Å²) in [7, 11) is -3.71. The molecule has 29 heavy (non-hydrogen) atoms. The highest BCUT2D eigenvalue weighted by molar-refractivity contribution is 7.89. The summed E-state index contributed by atoms with van der Waals surface area (Å²) in [6.45, 7) is 3.52. The first-order valence-electron chi connectivity index (χ1n) is 8.81. The number of nitrogens with zero attached hydrogens (tertiary/aromatic N) is 2. The molecule has 0 aliphatic rings. The molecular weight excluding hydrogens is 394 g/mol. The van der Waals surface area contributed by atoms with E-state index in [1.54, 1.807) is 44.2 Å². The van der Waals surface area contributed by atoms with Crippen LogP contribution in [0.1, 0.15) is 29.8 Å². The standard InChI is InChI=1S/C19H21N5O4S/c1-11(2)24-29(27,28)13-7-8-16-15(9-13)17(19(26)22-16)23-21-10-12-5-3-4-6-14(12)18(20)25/h3-9,11,22,24,26H,10H2,1-2H3,(H2,20,25). The molecule has 0 unspecified atom stereocenters. The molecule has 0 bridgehead atoms. The first-order valence-corrected chi connectivity index (χ1v) is 10.3. The molecule has 0 aliphatic heterocycles. The minimum Gasteiger partial charge on any atom is -0.493 e. The molecule has 9 nitrogen and oxygen atoms in total. The van der Waals surface area contributed by atoms with E-state index >= 15 is 0 Å². The van der Waals surface area contributed by atoms with Gasteiger partial charge in [0, 0.05) is 17.0 Å². The number of H-pyrrole nitrogens is 1. The average Bonchev–Trinajstić information content (AvgIpc) is 2.95. The SMILES string of the molecule is CC(C)NS(=O)(=O)c1ccc2[nH]c(O)c(N=NCc3ccccc3C(N)=O)c2c1. The second-order valence-electron chi connectivity index (χ2n) is 6.73. The van der Waals surface area contributed by atoms with Gasteiger partial charge in [0.05, 0.1) is 17.0 Å². The van der Waals surface area contributed by atoms with Crippen LogP contribution in [0.2, 0.25) is 0 Å². The van der Waals surface area contributed by atoms with Crippen molar-refractivity contribution in [3.05, 3.63) is 53.6 Å². The summed E-state index contributed by atoms with van der Waals surface area (Å²) in [5.41, 5.74) is 6.90. The molecule has 1 aromatic heterocycles. The number of carbonyl (C=O) groups is 1. The first kappa shape index (κ1) is 20.5. The van der Waals surface area contributed by atoms with Crippen molar-refractivity contribution in [1.82, 2.24) is 9.71 Å². The number of aromatic nitrogens is 1. The van der Waals surface area contributed by atoms with E-state index in [-0.39, 0.29) is 29.0 Å². The van der Waals surface area contributed by atoms with Gasteiger partial charge < -0.3 is 15.8 Å². The molecule has 0 atom stereocenters. The number of primary amides is 1. The van der Waals surface area contributed by atoms with Gasteiger partial charge in [-0.05, 0) is 43.7 Å². The van der Waals surface area contributed by atoms with Crippen molar-refractivity contribution in [2.24, 2.45) is 16.0 Å². The number of sulfonamides is 1. The third kappa shape index (κ3) is 4.44. The second kappa shape index (κ2) is 8.02. The number of hydrogen-bond donors (Lipinski definition) is 4. The van der Waals surface area contributed by atoms with Crippen LogP contribution >= 0.6 is 0 Å². The lowest BCUT2D eigenvalue weighted by Gasteiger charge is -2.09. The Bertz CT molecular complexity index is 1200. The molecule has 2 aromatic carbocycles. The van der Waals surface area contributed by atoms with E-state index in [0.29, 0.717) is 22.0 Å². The number of fused-ring (bicyclic) bond motifs is 1. The van der Waals surface area contributed by atoms with Gasteiger partial charge in [0.2, 0.25) is 21.8 Å². The van der Waals surface area contributed by atoms with E-state index in [1.807, 2.05) is 0 Å². The molecule has 3 rings (SSSR count). The molecule has 0 saturated carbocycles. The van der Waals surface area contributed by atoms with Crippen molar-refractivity contribution in [3.8, 4) is 5.88 Å². The van der Waals surface area contributed by atoms with Crippen LogP contribution in [0.15, 0.2) is 57.6 Å². The van der Waals surface area contributed by atoms with Crippen molar-refractivity contribution in [2.45, 2.75) is 31.3 Å². The normalized spacial score (nSPS) is 12.2. The van der Waals surface area contributed by atoms with Crippen LogP contribution in [0, 0.1) is 0 Å². The number of amides is 1. The van der Waals surface area contributed by atoms with Crippen LogP contribution < -0.4 is 10.5 Å². The van der Waals surface area contributed by atoms with Gasteiger partial charge in [-0.15, -0.1) is 5.11 Å². The van der Waals surface area contributed by atoms with Gasteiger partial charge in [-0.2, -0.15) is 5.11 Å². The van der Waals surface area contributed by atoms with Crippen LogP contribution in [0.3, 0.4) is 0 Å². The highest BCUT2D eigenvalue weighted by Gasteiger charge is 2.19. The lowest BCUT2D eigenvalue weighted by molar-refractivity contribution is 0.0999. The molecule has 0 spiro atoms. The Balaban J connectivity index is 1.95. The molecule has 0 radical (unpaired) electrons. The molecule has 3 aromatic rings. The maximum absolute atomic E-state index is 12.4. The zero-order valence-electron chi connectivity index (χ0n) is 15.9. The molecular formula is C19H21N5O4S. The minimum absolute atomic E-state index is 0.0493. The van der Waals surface area contributed by atoms with Crippen LogP contribution in [0.5, 0.6) is 5.88 Å². The lowest BCUT2D eigenvalue weighted by atomic mass is 10.1. The predicted octanol–water partition coefficient (Wildman–Crippen LogP) is 2.94. The van der Waals surface area contributed by atoms with Crippen molar-refractivity contribution in [3.63, 3.8) is 0 Å². The Morgan fingerprint density at radius 2 is 1.97 bits per heavy atom. The van der Waals surface area contributed by atoms with E-state index in [9.17, 15) is 18.3 Å². The maximum atomic E-state index is 12.4. The van der Waals surface area contributed by atoms with Crippen LogP contribution in [0.25, 0.3) is 10.9 Å². The van der Waals surface area contributed by atoms with Gasteiger partial charge in [-0.3, -0.25) is 4.79 Å². The van der Waals surface area contributed by atoms with E-state index in [2.05, 4.69) is 19.9 Å². The zero-order valence-corrected chi connectivity index (χ0v) is 16.7. The number of nitrogens with one attached hydrogen (secondary N) is 2. The fourth-order valence-electron chi connectivity index (χ4n) is 2.87. The number of carbonyl (C=O) groups excluding carboxylic acids is 1. The smallest absolute Gasteiger partial charge is 0.249 e. The third-order valence-electron chi connectivity index (χ3n) is 4.12. The largest absolute Gasteiger partial charge is 0.493 e. The molecule has 5 N–H and O–H groups in total. The number of rotatable bonds is 7. The fourth-order valence-corrected chi connectivity index (χ4v) is 4.15. The summed E-state index contributed by atoms with van der Waals surface area (Å²) in [6, 6.07) is 10.9. The summed E-state index contributed by atoms with van der Waals surface area (Å²) in [5, 5.41) is 18.7. The van der Waals surface area contributed by atoms with Gasteiger partial charge in [0.15, 0.2) is 5.69 Å². The topological polar surface area (TPSA) is 150 Å². The third-order valence-corrected chi connectivity index (χ3v) is 5.78. The number of azo groups is 1. The van der Waals surface area contributed by atoms with Gasteiger partial charge in [0.1, 0.15) is 0 Å². The highest BCUT2D eigenvalue weighted by atomic mass is 32.2. The average molecular weight is 415 g/mol. The first-order chi connectivity index (χ1) is 13.7. The number of aromatic hydroxyl groups is 1. The number of aromatic amines is 1. The maximum Gasteiger partial charge on any atom is 0.249 e. The fraction of sp³-hybridized carbons (Fsp3) is 0.211. The predicted molar refractivity (Wildman–Crippen MR) is 109 cm³/mol. The van der Waals surface area contributed by atoms with Gasteiger partial charge in [-0.25, -0.2) is 13.1 Å². The Kier molecular flexibility index (Phi) is 5.66. The summed E-state index contributed by atoms with van der Waals surface area (Å²) in [5.74, 6) is -0.809. The molecule has 0 fully saturated rings. The van der Waals surface area contributed by atoms with Gasteiger partial charge in [0.25, 0.3) is 0 Å². The van der Waals surface area contributed by atoms with Crippen LogP contribution in [-0.4, -0.2) is 30.5 Å². The van der Waals surface area contributed by atoms with E-state index in [1.165, 1.54) is 12.1 Å². The molecule has 152 valence electrons. The van der Waals surface area contributed by atoms with Crippen molar-refractivity contribution >= 4 is 32.5 Å². The van der Waals surface area contributed by atoms with Crippen LogP contribution in [0.4, 0.5) is 5.69 Å². The van der Waals surface area contributed by atoms with Crippen molar-refractivity contribution < 1.29 is 18.3 Å². The molecule has 10 heteroatoms. The summed E-state index contributed by atoms with van der Waals surface area (Å²) >= 11 is 0. The Morgan fingerprint density at radius 3 is 2.66 bits per heavy atom. The van der Waals surface area contributed by atoms with E-state index in [4.69, 9.17) is 5.73 Å². The monoisotopic (exact) mass is 415 g/mol. The zero-order chi connectivity index (χ0) is 21.2. The highest BCUT2D eigenvalue weighted by Crippen LogP contribution is 2.36. The molecule has 0 saturated heterocycles. The Hall–Kier alpha value is -3.24. The number of benzene rings is 2. The van der Waals surface area contributed by atoms with Crippen molar-refractivity contribution in [2.75, 3.05) is 0 Å². The lowest BCUT2D eigenvalue weighted by Crippen LogP contribution is -2.30. The Morgan fingerprint density at radius 1 is 1.24 bits per heavy atom. The quantitative estimate of drug-likeness (QED) is 0.439. The molecule has 1 heterocycles. The molecule has 0 aliphatic carbocycles. The summed E-state index contributed by atoms with van der Waals surface area (Å²) in [6.07, 6.45) is 0. The second-order valence-corrected chi connectivity index (χ2v) is 8.44. The van der Waals surface area contributed by atoms with Gasteiger partial charge in [-0.1, -0.05) is 18.2 Å². The van der Waals surface area contributed by atoms with Gasteiger partial charge >= 0.3 is 0 Å². The number of nitrogens with two attached hydrogens (primary N) is 1.